The summed E-state index contributed by atoms with van der Waals surface area (Å²) in [6.07, 6.45) is 0. The van der Waals surface area contributed by atoms with E-state index in [4.69, 9.17) is 4.74 Å². The first-order valence-corrected chi connectivity index (χ1v) is 9.53. The summed E-state index contributed by atoms with van der Waals surface area (Å²) in [6, 6.07) is 8.12. The molecule has 0 spiro atoms. The van der Waals surface area contributed by atoms with Gasteiger partial charge in [0.2, 0.25) is 0 Å². The van der Waals surface area contributed by atoms with Gasteiger partial charge in [-0.1, -0.05) is 26.0 Å². The van der Waals surface area contributed by atoms with Crippen molar-refractivity contribution in [1.82, 2.24) is 19.2 Å². The molecule has 2 aliphatic rings. The first-order chi connectivity index (χ1) is 13.0. The molecule has 0 unspecified atom stereocenters. The minimum absolute atomic E-state index is 0.210. The molecule has 1 aromatic carbocycles. The standard InChI is InChI=1S/C20H26N4O3/c1-13(2)8-24-20(26)19(25)23-11-15-10-22(12-17(15)18(23)21-24)9-14-5-4-6-16(7-14)27-3/h4-7,13,15,17H,8-12H2,1-3H3/t15-,17-/m0/s1. The zero-order chi connectivity index (χ0) is 19.1. The molecule has 7 nitrogen and oxygen atoms in total. The Hall–Kier alpha value is -2.41. The number of nitrogens with zero attached hydrogens (tertiary/aromatic N) is 4. The third kappa shape index (κ3) is 3.32. The van der Waals surface area contributed by atoms with Crippen molar-refractivity contribution in [3.05, 3.63) is 56.4 Å². The number of aromatic nitrogens is 3. The summed E-state index contributed by atoms with van der Waals surface area (Å²) in [7, 11) is 1.68. The molecule has 2 aromatic rings. The molecule has 0 saturated carbocycles. The lowest BCUT2D eigenvalue weighted by Crippen LogP contribution is -2.44. The van der Waals surface area contributed by atoms with Crippen molar-refractivity contribution in [1.29, 1.82) is 0 Å². The summed E-state index contributed by atoms with van der Waals surface area (Å²) < 4.78 is 8.29. The molecule has 0 aliphatic carbocycles. The quantitative estimate of drug-likeness (QED) is 0.742. The van der Waals surface area contributed by atoms with Gasteiger partial charge in [-0.3, -0.25) is 19.1 Å². The van der Waals surface area contributed by atoms with Gasteiger partial charge < -0.3 is 4.74 Å². The van der Waals surface area contributed by atoms with Crippen molar-refractivity contribution in [3.8, 4) is 5.75 Å². The van der Waals surface area contributed by atoms with Crippen LogP contribution in [0.5, 0.6) is 5.75 Å². The highest BCUT2D eigenvalue weighted by atomic mass is 16.5. The van der Waals surface area contributed by atoms with Gasteiger partial charge in [-0.2, -0.15) is 5.10 Å². The van der Waals surface area contributed by atoms with E-state index in [2.05, 4.69) is 22.1 Å². The Morgan fingerprint density at radius 1 is 1.19 bits per heavy atom. The lowest BCUT2D eigenvalue weighted by atomic mass is 10.00. The number of ether oxygens (including phenoxy) is 1. The molecule has 2 aliphatic heterocycles. The number of methoxy groups -OCH3 is 1. The van der Waals surface area contributed by atoms with E-state index in [0.717, 1.165) is 31.2 Å². The number of hydrogen-bond donors (Lipinski definition) is 0. The van der Waals surface area contributed by atoms with Crippen LogP contribution in [0, 0.1) is 11.8 Å². The van der Waals surface area contributed by atoms with Crippen LogP contribution in [0.15, 0.2) is 33.9 Å². The van der Waals surface area contributed by atoms with Gasteiger partial charge in [0.1, 0.15) is 11.6 Å². The first kappa shape index (κ1) is 18.0. The first-order valence-electron chi connectivity index (χ1n) is 9.53. The number of hydrogen-bond acceptors (Lipinski definition) is 5. The summed E-state index contributed by atoms with van der Waals surface area (Å²) in [6.45, 7) is 7.72. The number of fused-ring (bicyclic) bond motifs is 3. The van der Waals surface area contributed by atoms with E-state index in [1.165, 1.54) is 10.2 Å². The summed E-state index contributed by atoms with van der Waals surface area (Å²) >= 11 is 0. The van der Waals surface area contributed by atoms with E-state index in [-0.39, 0.29) is 11.8 Å². The monoisotopic (exact) mass is 370 g/mol. The van der Waals surface area contributed by atoms with Crippen molar-refractivity contribution >= 4 is 0 Å². The summed E-state index contributed by atoms with van der Waals surface area (Å²) in [5, 5.41) is 4.59. The van der Waals surface area contributed by atoms with Crippen LogP contribution in [0.2, 0.25) is 0 Å². The molecule has 0 amide bonds. The van der Waals surface area contributed by atoms with Crippen LogP contribution in [0.3, 0.4) is 0 Å². The molecular weight excluding hydrogens is 344 g/mol. The second-order valence-electron chi connectivity index (χ2n) is 8.07. The highest BCUT2D eigenvalue weighted by Gasteiger charge is 2.42. The molecule has 7 heteroatoms. The fourth-order valence-electron chi connectivity index (χ4n) is 4.30. The van der Waals surface area contributed by atoms with Crippen molar-refractivity contribution < 1.29 is 4.74 Å². The molecule has 4 rings (SSSR count). The van der Waals surface area contributed by atoms with Crippen LogP contribution in [-0.4, -0.2) is 39.4 Å². The summed E-state index contributed by atoms with van der Waals surface area (Å²) in [4.78, 5) is 27.2. The van der Waals surface area contributed by atoms with E-state index < -0.39 is 11.1 Å². The van der Waals surface area contributed by atoms with Gasteiger partial charge in [-0.15, -0.1) is 0 Å². The average Bonchev–Trinajstić information content (AvgIpc) is 3.17. The largest absolute Gasteiger partial charge is 0.497 e. The maximum atomic E-state index is 12.5. The third-order valence-corrected chi connectivity index (χ3v) is 5.51. The Morgan fingerprint density at radius 2 is 2.00 bits per heavy atom. The van der Waals surface area contributed by atoms with Crippen LogP contribution in [-0.2, 0) is 19.6 Å². The van der Waals surface area contributed by atoms with Crippen molar-refractivity contribution in [2.75, 3.05) is 20.2 Å². The molecule has 27 heavy (non-hydrogen) atoms. The van der Waals surface area contributed by atoms with Gasteiger partial charge in [-0.25, -0.2) is 4.68 Å². The Morgan fingerprint density at radius 3 is 2.74 bits per heavy atom. The van der Waals surface area contributed by atoms with Crippen LogP contribution >= 0.6 is 0 Å². The maximum absolute atomic E-state index is 12.5. The lowest BCUT2D eigenvalue weighted by Gasteiger charge is -2.18. The van der Waals surface area contributed by atoms with E-state index in [1.54, 1.807) is 11.7 Å². The van der Waals surface area contributed by atoms with Gasteiger partial charge in [0, 0.05) is 44.6 Å². The second kappa shape index (κ2) is 6.96. The molecule has 2 atom stereocenters. The Balaban J connectivity index is 1.56. The minimum Gasteiger partial charge on any atom is -0.497 e. The summed E-state index contributed by atoms with van der Waals surface area (Å²) in [5.41, 5.74) is 0.291. The van der Waals surface area contributed by atoms with E-state index >= 15 is 0 Å². The van der Waals surface area contributed by atoms with E-state index in [9.17, 15) is 9.59 Å². The topological polar surface area (TPSA) is 69.4 Å². The molecule has 3 heterocycles. The van der Waals surface area contributed by atoms with Crippen molar-refractivity contribution in [2.24, 2.45) is 11.8 Å². The molecule has 1 fully saturated rings. The Kier molecular flexibility index (Phi) is 4.63. The summed E-state index contributed by atoms with van der Waals surface area (Å²) in [5.74, 6) is 2.46. The number of rotatable bonds is 5. The molecule has 0 radical (unpaired) electrons. The highest BCUT2D eigenvalue weighted by Crippen LogP contribution is 2.37. The zero-order valence-corrected chi connectivity index (χ0v) is 16.1. The van der Waals surface area contributed by atoms with Gasteiger partial charge in [-0.05, 0) is 23.6 Å². The lowest BCUT2D eigenvalue weighted by molar-refractivity contribution is 0.302. The minimum atomic E-state index is -0.499. The third-order valence-electron chi connectivity index (χ3n) is 5.51. The van der Waals surface area contributed by atoms with Crippen molar-refractivity contribution in [3.63, 3.8) is 0 Å². The SMILES string of the molecule is COc1cccc(CN2C[C@H]3Cn4c(nn(CC(C)C)c(=O)c4=O)[C@H]3C2)c1. The number of benzene rings is 1. The molecular formula is C20H26N4O3. The van der Waals surface area contributed by atoms with Crippen LogP contribution < -0.4 is 15.9 Å². The normalized spacial score (nSPS) is 21.5. The van der Waals surface area contributed by atoms with Crippen LogP contribution in [0.4, 0.5) is 0 Å². The smallest absolute Gasteiger partial charge is 0.332 e. The maximum Gasteiger partial charge on any atom is 0.332 e. The van der Waals surface area contributed by atoms with Crippen LogP contribution in [0.1, 0.15) is 31.2 Å². The Labute approximate surface area is 158 Å². The Bertz CT molecular complexity index is 962. The fraction of sp³-hybridized carbons (Fsp3) is 0.550. The van der Waals surface area contributed by atoms with Gasteiger partial charge in [0.05, 0.1) is 7.11 Å². The predicted molar refractivity (Wildman–Crippen MR) is 102 cm³/mol. The van der Waals surface area contributed by atoms with Crippen LogP contribution in [0.25, 0.3) is 0 Å². The van der Waals surface area contributed by atoms with Crippen molar-refractivity contribution in [2.45, 2.75) is 39.4 Å². The molecule has 1 aromatic heterocycles. The molecule has 1 saturated heterocycles. The van der Waals surface area contributed by atoms with E-state index in [0.29, 0.717) is 19.0 Å². The molecule has 0 N–H and O–H groups in total. The predicted octanol–water partition coefficient (Wildman–Crippen LogP) is 1.30. The van der Waals surface area contributed by atoms with Gasteiger partial charge in [0.25, 0.3) is 0 Å². The van der Waals surface area contributed by atoms with Gasteiger partial charge >= 0.3 is 11.1 Å². The second-order valence-corrected chi connectivity index (χ2v) is 8.07. The zero-order valence-electron chi connectivity index (χ0n) is 16.1. The average molecular weight is 370 g/mol. The van der Waals surface area contributed by atoms with E-state index in [1.807, 2.05) is 26.0 Å². The molecule has 0 bridgehead atoms. The molecule has 144 valence electrons. The number of likely N-dealkylation sites (tertiary alicyclic amines) is 1. The fourth-order valence-corrected chi connectivity index (χ4v) is 4.30. The van der Waals surface area contributed by atoms with Gasteiger partial charge in [0.15, 0.2) is 0 Å². The highest BCUT2D eigenvalue weighted by molar-refractivity contribution is 5.28.